The van der Waals surface area contributed by atoms with Crippen molar-refractivity contribution in [1.29, 1.82) is 0 Å². The van der Waals surface area contributed by atoms with Gasteiger partial charge in [-0.2, -0.15) is 0 Å². The van der Waals surface area contributed by atoms with E-state index < -0.39 is 0 Å². The van der Waals surface area contributed by atoms with Crippen LogP contribution in [0.2, 0.25) is 0 Å². The first-order valence-electron chi connectivity index (χ1n) is 8.44. The number of ether oxygens (including phenoxy) is 1. The van der Waals surface area contributed by atoms with Crippen molar-refractivity contribution in [3.63, 3.8) is 0 Å². The summed E-state index contributed by atoms with van der Waals surface area (Å²) in [5.74, 6) is 0.367. The fourth-order valence-electron chi connectivity index (χ4n) is 3.01. The number of hydrogen-bond donors (Lipinski definition) is 0. The quantitative estimate of drug-likeness (QED) is 0.670. The molecule has 2 heterocycles. The van der Waals surface area contributed by atoms with Crippen molar-refractivity contribution in [3.05, 3.63) is 24.2 Å². The highest BCUT2D eigenvalue weighted by molar-refractivity contribution is 6.27. The lowest BCUT2D eigenvalue weighted by Gasteiger charge is -2.28. The molecule has 1 atom stereocenters. The van der Waals surface area contributed by atoms with Crippen LogP contribution in [0.3, 0.4) is 0 Å². The zero-order chi connectivity index (χ0) is 16.9. The fourth-order valence-corrected chi connectivity index (χ4v) is 3.16. The molecule has 24 heavy (non-hydrogen) atoms. The second-order valence-electron chi connectivity index (χ2n) is 6.38. The van der Waals surface area contributed by atoms with Crippen LogP contribution < -0.4 is 0 Å². The van der Waals surface area contributed by atoms with E-state index in [0.717, 1.165) is 38.1 Å². The van der Waals surface area contributed by atoms with E-state index in [2.05, 4.69) is 0 Å². The molecule has 0 aromatic carbocycles. The van der Waals surface area contributed by atoms with E-state index in [1.807, 2.05) is 6.07 Å². The molecule has 7 heteroatoms. The predicted octanol–water partition coefficient (Wildman–Crippen LogP) is 2.02. The van der Waals surface area contributed by atoms with Crippen molar-refractivity contribution in [2.75, 3.05) is 25.6 Å². The van der Waals surface area contributed by atoms with Crippen LogP contribution in [0.4, 0.5) is 0 Å². The molecule has 2 aliphatic rings. The molecule has 1 aromatic rings. The number of carbonyl (C=O) groups is 2. The minimum absolute atomic E-state index is 0.0574. The number of rotatable bonds is 8. The van der Waals surface area contributed by atoms with Crippen LogP contribution in [-0.4, -0.2) is 59.3 Å². The van der Waals surface area contributed by atoms with E-state index in [1.54, 1.807) is 22.1 Å². The molecular weight excluding hydrogens is 332 g/mol. The molecular formula is C17H23ClN2O4. The summed E-state index contributed by atoms with van der Waals surface area (Å²) in [5.41, 5.74) is 0. The maximum atomic E-state index is 12.8. The number of halogens is 1. The van der Waals surface area contributed by atoms with Gasteiger partial charge >= 0.3 is 0 Å². The molecule has 0 spiro atoms. The Morgan fingerprint density at radius 1 is 1.25 bits per heavy atom. The summed E-state index contributed by atoms with van der Waals surface area (Å²) in [6.45, 7) is 1.72. The van der Waals surface area contributed by atoms with E-state index in [0.29, 0.717) is 13.1 Å². The summed E-state index contributed by atoms with van der Waals surface area (Å²) < 4.78 is 11.0. The summed E-state index contributed by atoms with van der Waals surface area (Å²) in [7, 11) is 0. The average Bonchev–Trinajstić information content (AvgIpc) is 3.06. The molecule has 6 nitrogen and oxygen atoms in total. The third kappa shape index (κ3) is 4.51. The maximum absolute atomic E-state index is 12.8. The second-order valence-corrected chi connectivity index (χ2v) is 6.64. The van der Waals surface area contributed by atoms with Gasteiger partial charge in [-0.15, -0.1) is 11.6 Å². The maximum Gasteiger partial charge on any atom is 0.242 e. The van der Waals surface area contributed by atoms with Crippen molar-refractivity contribution >= 4 is 23.4 Å². The van der Waals surface area contributed by atoms with Gasteiger partial charge in [0, 0.05) is 19.2 Å². The number of furan rings is 1. The Hall–Kier alpha value is -1.53. The van der Waals surface area contributed by atoms with Crippen molar-refractivity contribution in [1.82, 2.24) is 9.80 Å². The third-order valence-corrected chi connectivity index (χ3v) is 4.68. The molecule has 1 aromatic heterocycles. The van der Waals surface area contributed by atoms with Crippen molar-refractivity contribution in [2.45, 2.75) is 44.4 Å². The van der Waals surface area contributed by atoms with E-state index in [9.17, 15) is 9.59 Å². The molecule has 3 rings (SSSR count). The van der Waals surface area contributed by atoms with E-state index in [4.69, 9.17) is 20.8 Å². The Morgan fingerprint density at radius 2 is 2.08 bits per heavy atom. The Labute approximate surface area is 146 Å². The standard InChI is InChI=1S/C17H23ClN2O4/c18-9-16(21)20(13-5-6-13)12-17(22)19(10-14-3-1-7-23-14)11-15-4-2-8-24-15/h1,3,7,13,15H,2,4-6,8-12H2/t15-/m0/s1. The summed E-state index contributed by atoms with van der Waals surface area (Å²) in [5, 5.41) is 0. The summed E-state index contributed by atoms with van der Waals surface area (Å²) in [6, 6.07) is 3.81. The van der Waals surface area contributed by atoms with Gasteiger partial charge in [-0.1, -0.05) is 0 Å². The zero-order valence-electron chi connectivity index (χ0n) is 13.7. The van der Waals surface area contributed by atoms with E-state index in [-0.39, 0.29) is 36.4 Å². The highest BCUT2D eigenvalue weighted by Crippen LogP contribution is 2.27. The van der Waals surface area contributed by atoms with Crippen LogP contribution in [0.1, 0.15) is 31.4 Å². The smallest absolute Gasteiger partial charge is 0.242 e. The SMILES string of the molecule is O=C(CN(C(=O)CCl)C1CC1)N(Cc1ccco1)C[C@@H]1CCCO1. The van der Waals surface area contributed by atoms with Gasteiger partial charge in [-0.25, -0.2) is 0 Å². The second kappa shape index (κ2) is 8.03. The molecule has 0 unspecified atom stereocenters. The highest BCUT2D eigenvalue weighted by atomic mass is 35.5. The van der Waals surface area contributed by atoms with Gasteiger partial charge in [-0.05, 0) is 37.8 Å². The molecule has 0 bridgehead atoms. The van der Waals surface area contributed by atoms with Crippen LogP contribution in [0.5, 0.6) is 0 Å². The molecule has 1 saturated carbocycles. The molecule has 1 saturated heterocycles. The fraction of sp³-hybridized carbons (Fsp3) is 0.647. The van der Waals surface area contributed by atoms with Gasteiger partial charge in [0.05, 0.1) is 18.9 Å². The zero-order valence-corrected chi connectivity index (χ0v) is 14.4. The van der Waals surface area contributed by atoms with Crippen molar-refractivity contribution in [3.8, 4) is 0 Å². The van der Waals surface area contributed by atoms with Gasteiger partial charge in [-0.3, -0.25) is 9.59 Å². The van der Waals surface area contributed by atoms with E-state index >= 15 is 0 Å². The van der Waals surface area contributed by atoms with Crippen LogP contribution in [0, 0.1) is 0 Å². The lowest BCUT2D eigenvalue weighted by molar-refractivity contribution is -0.141. The first kappa shape index (κ1) is 17.3. The molecule has 2 amide bonds. The summed E-state index contributed by atoms with van der Waals surface area (Å²) in [4.78, 5) is 28.1. The van der Waals surface area contributed by atoms with E-state index in [1.165, 1.54) is 0 Å². The van der Waals surface area contributed by atoms with Gasteiger partial charge in [0.25, 0.3) is 0 Å². The number of carbonyl (C=O) groups excluding carboxylic acids is 2. The Kier molecular flexibility index (Phi) is 5.79. The van der Waals surface area contributed by atoms with Crippen LogP contribution in [0.25, 0.3) is 0 Å². The molecule has 0 radical (unpaired) electrons. The highest BCUT2D eigenvalue weighted by Gasteiger charge is 2.35. The molecule has 0 N–H and O–H groups in total. The summed E-state index contributed by atoms with van der Waals surface area (Å²) >= 11 is 5.68. The van der Waals surface area contributed by atoms with Crippen molar-refractivity contribution in [2.24, 2.45) is 0 Å². The predicted molar refractivity (Wildman–Crippen MR) is 88.6 cm³/mol. The Morgan fingerprint density at radius 3 is 2.67 bits per heavy atom. The van der Waals surface area contributed by atoms with Gasteiger partial charge in [0.2, 0.25) is 11.8 Å². The molecule has 132 valence electrons. The minimum Gasteiger partial charge on any atom is -0.467 e. The molecule has 1 aliphatic heterocycles. The Balaban J connectivity index is 1.65. The lowest BCUT2D eigenvalue weighted by atomic mass is 10.2. The largest absolute Gasteiger partial charge is 0.467 e. The van der Waals surface area contributed by atoms with Gasteiger partial charge < -0.3 is 19.0 Å². The van der Waals surface area contributed by atoms with Crippen molar-refractivity contribution < 1.29 is 18.7 Å². The molecule has 1 aliphatic carbocycles. The topological polar surface area (TPSA) is 63.0 Å². The molecule has 2 fully saturated rings. The van der Waals surface area contributed by atoms with Crippen LogP contribution in [0.15, 0.2) is 22.8 Å². The van der Waals surface area contributed by atoms with Crippen LogP contribution in [-0.2, 0) is 20.9 Å². The average molecular weight is 355 g/mol. The number of alkyl halides is 1. The minimum atomic E-state index is -0.178. The number of amides is 2. The van der Waals surface area contributed by atoms with Gasteiger partial charge in [0.1, 0.15) is 18.2 Å². The lowest BCUT2D eigenvalue weighted by Crippen LogP contribution is -2.46. The van der Waals surface area contributed by atoms with Crippen LogP contribution >= 0.6 is 11.6 Å². The normalized spacial score (nSPS) is 20.1. The monoisotopic (exact) mass is 354 g/mol. The first-order valence-corrected chi connectivity index (χ1v) is 8.98. The number of hydrogen-bond acceptors (Lipinski definition) is 4. The third-order valence-electron chi connectivity index (χ3n) is 4.46. The summed E-state index contributed by atoms with van der Waals surface area (Å²) in [6.07, 6.45) is 5.51. The van der Waals surface area contributed by atoms with Gasteiger partial charge in [0.15, 0.2) is 0 Å². The first-order chi connectivity index (χ1) is 11.7. The Bertz CT molecular complexity index is 553. The number of nitrogens with zero attached hydrogens (tertiary/aromatic N) is 2.